The number of sulfonamides is 1. The van der Waals surface area contributed by atoms with Gasteiger partial charge in [0.2, 0.25) is 0 Å². The largest absolute Gasteiger partial charge is 0.344 e. The van der Waals surface area contributed by atoms with Crippen LogP contribution in [0.15, 0.2) is 29.4 Å². The van der Waals surface area contributed by atoms with Crippen molar-refractivity contribution in [2.24, 2.45) is 0 Å². The summed E-state index contributed by atoms with van der Waals surface area (Å²) in [6, 6.07) is 1.28. The van der Waals surface area contributed by atoms with Gasteiger partial charge in [-0.3, -0.25) is 20.3 Å². The number of piperidine rings is 1. The Kier molecular flexibility index (Phi) is 3.49. The lowest BCUT2D eigenvalue weighted by Gasteiger charge is -2.30. The van der Waals surface area contributed by atoms with Crippen molar-refractivity contribution in [2.45, 2.75) is 29.8 Å². The van der Waals surface area contributed by atoms with Crippen LogP contribution in [0.5, 0.6) is 0 Å². The van der Waals surface area contributed by atoms with Crippen molar-refractivity contribution in [2.75, 3.05) is 6.54 Å². The number of fused-ring (bicyclic) bond motifs is 2. The number of amides is 2. The predicted octanol–water partition coefficient (Wildman–Crippen LogP) is -0.00503. The lowest BCUT2D eigenvalue weighted by atomic mass is 10.0. The van der Waals surface area contributed by atoms with Crippen molar-refractivity contribution in [3.05, 3.63) is 24.5 Å². The van der Waals surface area contributed by atoms with Crippen LogP contribution in [0.2, 0.25) is 0 Å². The molecule has 118 valence electrons. The number of hydrogen-bond donors (Lipinski definition) is 3. The van der Waals surface area contributed by atoms with E-state index in [1.165, 1.54) is 29.4 Å². The molecule has 9 nitrogen and oxygen atoms in total. The lowest BCUT2D eigenvalue weighted by molar-refractivity contribution is -0.0583. The van der Waals surface area contributed by atoms with Gasteiger partial charge in [-0.05, 0) is 25.0 Å². The van der Waals surface area contributed by atoms with Crippen molar-refractivity contribution >= 4 is 21.9 Å². The average Bonchev–Trinajstić information content (AvgIpc) is 2.72. The molecule has 3 N–H and O–H groups in total. The number of nitrogens with zero attached hydrogens (tertiary/aromatic N) is 3. The Morgan fingerprint density at radius 2 is 2.23 bits per heavy atom. The highest BCUT2D eigenvalue weighted by molar-refractivity contribution is 7.90. The van der Waals surface area contributed by atoms with Gasteiger partial charge in [0.15, 0.2) is 0 Å². The lowest BCUT2D eigenvalue weighted by Crippen LogP contribution is -2.50. The first kappa shape index (κ1) is 14.7. The fourth-order valence-corrected chi connectivity index (χ4v) is 3.73. The molecule has 3 rings (SSSR count). The van der Waals surface area contributed by atoms with Crippen LogP contribution in [-0.2, 0) is 10.0 Å². The van der Waals surface area contributed by atoms with Crippen molar-refractivity contribution in [1.29, 1.82) is 5.41 Å². The minimum absolute atomic E-state index is 0.0510. The topological polar surface area (TPSA) is 127 Å². The molecule has 2 amide bonds. The summed E-state index contributed by atoms with van der Waals surface area (Å²) < 4.78 is 26.5. The quantitative estimate of drug-likeness (QED) is 0.409. The van der Waals surface area contributed by atoms with E-state index in [0.717, 1.165) is 0 Å². The first-order valence-corrected chi connectivity index (χ1v) is 8.18. The highest BCUT2D eigenvalue weighted by Gasteiger charge is 2.46. The van der Waals surface area contributed by atoms with Crippen LogP contribution in [0.1, 0.15) is 12.8 Å². The van der Waals surface area contributed by atoms with Crippen LogP contribution < -0.4 is 4.72 Å². The summed E-state index contributed by atoms with van der Waals surface area (Å²) >= 11 is 0. The molecule has 0 aromatic carbocycles. The summed E-state index contributed by atoms with van der Waals surface area (Å²) in [6.07, 6.45) is 3.57. The van der Waals surface area contributed by atoms with Crippen molar-refractivity contribution < 1.29 is 18.4 Å². The van der Waals surface area contributed by atoms with E-state index >= 15 is 0 Å². The first-order valence-electron chi connectivity index (χ1n) is 6.70. The molecule has 22 heavy (non-hydrogen) atoms. The minimum Gasteiger partial charge on any atom is -0.311 e. The number of carbonyl (C=O) groups excluding carboxylic acids is 1. The summed E-state index contributed by atoms with van der Waals surface area (Å²) in [7, 11) is -3.91. The molecule has 2 aliphatic heterocycles. The Balaban J connectivity index is 1.77. The molecule has 0 aliphatic carbocycles. The fourth-order valence-electron chi connectivity index (χ4n) is 2.73. The molecule has 2 atom stereocenters. The maximum atomic E-state index is 12.2. The molecule has 0 unspecified atom stereocenters. The Morgan fingerprint density at radius 3 is 2.91 bits per heavy atom. The smallest absolute Gasteiger partial charge is 0.311 e. The second-order valence-corrected chi connectivity index (χ2v) is 6.92. The molecule has 0 saturated carbocycles. The summed E-state index contributed by atoms with van der Waals surface area (Å²) in [4.78, 5) is 16.8. The molecule has 2 bridgehead atoms. The monoisotopic (exact) mass is 325 g/mol. The molecule has 1 aromatic rings. The van der Waals surface area contributed by atoms with Gasteiger partial charge in [-0.1, -0.05) is 0 Å². The number of amidine groups is 1. The van der Waals surface area contributed by atoms with Crippen molar-refractivity contribution in [3.63, 3.8) is 0 Å². The van der Waals surface area contributed by atoms with Gasteiger partial charge in [0.25, 0.3) is 10.0 Å². The zero-order valence-electron chi connectivity index (χ0n) is 11.5. The summed E-state index contributed by atoms with van der Waals surface area (Å²) in [5.74, 6) is -0.286. The van der Waals surface area contributed by atoms with Crippen LogP contribution in [0, 0.1) is 5.41 Å². The molecule has 2 saturated heterocycles. The zero-order valence-corrected chi connectivity index (χ0v) is 12.3. The zero-order chi connectivity index (χ0) is 15.9. The van der Waals surface area contributed by atoms with Gasteiger partial charge in [0.1, 0.15) is 10.7 Å². The van der Waals surface area contributed by atoms with Crippen LogP contribution in [0.25, 0.3) is 0 Å². The Morgan fingerprint density at radius 1 is 1.45 bits per heavy atom. The first-order chi connectivity index (χ1) is 10.4. The SMILES string of the molecule is N=C(NS(=O)(=O)c1cccnc1)[C@@H]1CC[C@@H]2CN1C(=O)N2O. The number of rotatable bonds is 3. The van der Waals surface area contributed by atoms with Crippen LogP contribution >= 0.6 is 0 Å². The number of aromatic nitrogens is 1. The maximum absolute atomic E-state index is 12.2. The van der Waals surface area contributed by atoms with Gasteiger partial charge in [-0.15, -0.1) is 0 Å². The van der Waals surface area contributed by atoms with E-state index in [1.54, 1.807) is 0 Å². The summed E-state index contributed by atoms with van der Waals surface area (Å²) in [5, 5.41) is 18.2. The van der Waals surface area contributed by atoms with E-state index in [-0.39, 0.29) is 23.3 Å². The Bertz CT molecular complexity index is 707. The normalized spacial score (nSPS) is 24.5. The second kappa shape index (κ2) is 5.21. The fraction of sp³-hybridized carbons (Fsp3) is 0.417. The number of pyridine rings is 1. The maximum Gasteiger partial charge on any atom is 0.344 e. The van der Waals surface area contributed by atoms with Gasteiger partial charge >= 0.3 is 6.03 Å². The van der Waals surface area contributed by atoms with Gasteiger partial charge in [-0.25, -0.2) is 18.3 Å². The molecule has 2 fully saturated rings. The van der Waals surface area contributed by atoms with Crippen LogP contribution in [-0.4, -0.2) is 59.1 Å². The number of hydroxylamine groups is 2. The van der Waals surface area contributed by atoms with Crippen molar-refractivity contribution in [1.82, 2.24) is 19.7 Å². The van der Waals surface area contributed by atoms with E-state index in [4.69, 9.17) is 5.41 Å². The molecular weight excluding hydrogens is 310 g/mol. The third kappa shape index (κ3) is 2.40. The van der Waals surface area contributed by atoms with E-state index in [0.29, 0.717) is 17.9 Å². The number of nitrogens with one attached hydrogen (secondary N) is 2. The Hall–Kier alpha value is -2.20. The molecule has 0 radical (unpaired) electrons. The molecule has 2 aliphatic rings. The third-order valence-corrected chi connectivity index (χ3v) is 5.22. The third-order valence-electron chi connectivity index (χ3n) is 3.87. The molecule has 3 heterocycles. The summed E-state index contributed by atoms with van der Waals surface area (Å²) in [5.41, 5.74) is 0. The van der Waals surface area contributed by atoms with E-state index in [2.05, 4.69) is 9.71 Å². The van der Waals surface area contributed by atoms with E-state index in [1.807, 2.05) is 0 Å². The van der Waals surface area contributed by atoms with Crippen molar-refractivity contribution in [3.8, 4) is 0 Å². The number of hydrogen-bond acceptors (Lipinski definition) is 6. The minimum atomic E-state index is -3.91. The summed E-state index contributed by atoms with van der Waals surface area (Å²) in [6.45, 7) is 0.289. The van der Waals surface area contributed by atoms with Gasteiger partial charge in [0.05, 0.1) is 12.1 Å². The van der Waals surface area contributed by atoms with Gasteiger partial charge in [0, 0.05) is 18.9 Å². The van der Waals surface area contributed by atoms with Crippen LogP contribution in [0.4, 0.5) is 4.79 Å². The average molecular weight is 325 g/mol. The molecule has 10 heteroatoms. The highest BCUT2D eigenvalue weighted by Crippen LogP contribution is 2.28. The second-order valence-electron chi connectivity index (χ2n) is 5.23. The van der Waals surface area contributed by atoms with E-state index in [9.17, 15) is 18.4 Å². The number of carbonyl (C=O) groups is 1. The molecular formula is C12H15N5O4S. The highest BCUT2D eigenvalue weighted by atomic mass is 32.2. The standard InChI is InChI=1S/C12H15N5O4S/c13-11(15-22(20,21)9-2-1-5-14-6-9)10-4-3-8-7-16(10)12(18)17(8)19/h1-2,5-6,8,10,19H,3-4,7H2,(H2,13,15)/t8-,10+/m1/s1. The number of urea groups is 1. The molecule has 1 aromatic heterocycles. The Labute approximate surface area is 127 Å². The van der Waals surface area contributed by atoms with Crippen LogP contribution in [0.3, 0.4) is 0 Å². The van der Waals surface area contributed by atoms with Gasteiger partial charge in [-0.2, -0.15) is 0 Å². The van der Waals surface area contributed by atoms with E-state index < -0.39 is 22.1 Å². The molecule has 0 spiro atoms. The predicted molar refractivity (Wildman–Crippen MR) is 74.8 cm³/mol. The van der Waals surface area contributed by atoms with Gasteiger partial charge < -0.3 is 4.90 Å².